The number of hydrazone groups is 1. The van der Waals surface area contributed by atoms with Crippen LogP contribution < -0.4 is 20.2 Å². The van der Waals surface area contributed by atoms with Crippen molar-refractivity contribution >= 4 is 23.5 Å². The maximum absolute atomic E-state index is 5.60. The predicted octanol–water partition coefficient (Wildman–Crippen LogP) is 1.93. The molecule has 22 heavy (non-hydrogen) atoms. The van der Waals surface area contributed by atoms with Gasteiger partial charge in [0.05, 0.1) is 26.5 Å². The predicted molar refractivity (Wildman–Crippen MR) is 92.0 cm³/mol. The lowest BCUT2D eigenvalue weighted by Crippen LogP contribution is -2.34. The van der Waals surface area contributed by atoms with Gasteiger partial charge in [0, 0.05) is 13.7 Å². The van der Waals surface area contributed by atoms with Gasteiger partial charge < -0.3 is 19.5 Å². The molecule has 0 amide bonds. The summed E-state index contributed by atoms with van der Waals surface area (Å²) in [5, 5.41) is 7.48. The molecule has 0 atom stereocenters. The van der Waals surface area contributed by atoms with E-state index in [4.69, 9.17) is 26.4 Å². The topological polar surface area (TPSA) is 64.1 Å². The van der Waals surface area contributed by atoms with E-state index in [0.717, 1.165) is 17.7 Å². The van der Waals surface area contributed by atoms with Gasteiger partial charge in [0.25, 0.3) is 0 Å². The Bertz CT molecular complexity index is 495. The Kier molecular flexibility index (Phi) is 8.94. The van der Waals surface area contributed by atoms with Gasteiger partial charge in [-0.15, -0.1) is 0 Å². The second-order valence-electron chi connectivity index (χ2n) is 4.38. The lowest BCUT2D eigenvalue weighted by atomic mass is 10.2. The first-order valence-corrected chi connectivity index (χ1v) is 7.48. The molecule has 7 heteroatoms. The third-order valence-corrected chi connectivity index (χ3v) is 2.86. The number of hydrogen-bond donors (Lipinski definition) is 2. The Morgan fingerprint density at radius 3 is 2.77 bits per heavy atom. The maximum atomic E-state index is 5.60. The molecule has 0 bridgehead atoms. The van der Waals surface area contributed by atoms with Crippen molar-refractivity contribution in [1.82, 2.24) is 10.7 Å². The van der Waals surface area contributed by atoms with Crippen LogP contribution in [0.2, 0.25) is 0 Å². The third kappa shape index (κ3) is 6.73. The third-order valence-electron chi connectivity index (χ3n) is 2.62. The minimum absolute atomic E-state index is 0.447. The minimum atomic E-state index is 0.447. The van der Waals surface area contributed by atoms with E-state index in [1.165, 1.54) is 0 Å². The van der Waals surface area contributed by atoms with Gasteiger partial charge in [0.2, 0.25) is 0 Å². The van der Waals surface area contributed by atoms with Crippen LogP contribution in [-0.2, 0) is 4.74 Å². The van der Waals surface area contributed by atoms with E-state index < -0.39 is 0 Å². The van der Waals surface area contributed by atoms with Crippen LogP contribution in [0.5, 0.6) is 11.5 Å². The highest BCUT2D eigenvalue weighted by Crippen LogP contribution is 2.27. The molecule has 0 saturated carbocycles. The number of thiocarbonyl (C=S) groups is 1. The number of nitrogens with one attached hydrogen (secondary N) is 2. The van der Waals surface area contributed by atoms with Crippen molar-refractivity contribution in [2.24, 2.45) is 5.10 Å². The van der Waals surface area contributed by atoms with Crippen LogP contribution in [-0.4, -0.2) is 45.3 Å². The zero-order chi connectivity index (χ0) is 16.2. The van der Waals surface area contributed by atoms with E-state index in [9.17, 15) is 0 Å². The molecule has 1 aromatic rings. The Labute approximate surface area is 136 Å². The van der Waals surface area contributed by atoms with Crippen molar-refractivity contribution in [3.8, 4) is 11.5 Å². The standard InChI is InChI=1S/C15H23N3O3S/c1-4-8-21-13-6-5-12(10-14(13)20-3)11-17-18-15(22)16-7-9-19-2/h5-6,10-11H,4,7-9H2,1-3H3,(H2,16,18,22)/b17-11+. The van der Waals surface area contributed by atoms with Crippen molar-refractivity contribution in [3.63, 3.8) is 0 Å². The van der Waals surface area contributed by atoms with E-state index in [2.05, 4.69) is 22.8 Å². The number of methoxy groups -OCH3 is 2. The zero-order valence-electron chi connectivity index (χ0n) is 13.2. The van der Waals surface area contributed by atoms with Crippen molar-refractivity contribution < 1.29 is 14.2 Å². The summed E-state index contributed by atoms with van der Waals surface area (Å²) in [6.07, 6.45) is 2.61. The van der Waals surface area contributed by atoms with Crippen LogP contribution in [0.25, 0.3) is 0 Å². The highest BCUT2D eigenvalue weighted by molar-refractivity contribution is 7.80. The van der Waals surface area contributed by atoms with E-state index >= 15 is 0 Å². The van der Waals surface area contributed by atoms with Gasteiger partial charge in [-0.2, -0.15) is 5.10 Å². The largest absolute Gasteiger partial charge is 0.493 e. The average Bonchev–Trinajstić information content (AvgIpc) is 2.53. The van der Waals surface area contributed by atoms with Crippen LogP contribution >= 0.6 is 12.2 Å². The fourth-order valence-corrected chi connectivity index (χ4v) is 1.72. The molecule has 0 spiro atoms. The van der Waals surface area contributed by atoms with Gasteiger partial charge in [0.15, 0.2) is 16.6 Å². The molecule has 0 aromatic heterocycles. The molecule has 0 aliphatic heterocycles. The molecule has 0 unspecified atom stereocenters. The summed E-state index contributed by atoms with van der Waals surface area (Å²) in [6.45, 7) is 3.94. The monoisotopic (exact) mass is 325 g/mol. The first-order chi connectivity index (χ1) is 10.7. The van der Waals surface area contributed by atoms with Gasteiger partial charge in [0.1, 0.15) is 0 Å². The lowest BCUT2D eigenvalue weighted by Gasteiger charge is -2.10. The van der Waals surface area contributed by atoms with Crippen molar-refractivity contribution in [1.29, 1.82) is 0 Å². The molecular formula is C15H23N3O3S. The fourth-order valence-electron chi connectivity index (χ4n) is 1.57. The van der Waals surface area contributed by atoms with Gasteiger partial charge in [-0.1, -0.05) is 6.92 Å². The van der Waals surface area contributed by atoms with Crippen molar-refractivity contribution in [2.75, 3.05) is 34.0 Å². The Morgan fingerprint density at radius 1 is 1.27 bits per heavy atom. The minimum Gasteiger partial charge on any atom is -0.493 e. The maximum Gasteiger partial charge on any atom is 0.187 e. The van der Waals surface area contributed by atoms with Crippen molar-refractivity contribution in [3.05, 3.63) is 23.8 Å². The van der Waals surface area contributed by atoms with Crippen LogP contribution in [0.1, 0.15) is 18.9 Å². The van der Waals surface area contributed by atoms with Crippen LogP contribution in [0.3, 0.4) is 0 Å². The molecule has 122 valence electrons. The first-order valence-electron chi connectivity index (χ1n) is 7.08. The van der Waals surface area contributed by atoms with Gasteiger partial charge in [-0.05, 0) is 42.4 Å². The highest BCUT2D eigenvalue weighted by atomic mass is 32.1. The van der Waals surface area contributed by atoms with Crippen LogP contribution in [0.4, 0.5) is 0 Å². The molecule has 0 aliphatic rings. The summed E-state index contributed by atoms with van der Waals surface area (Å²) < 4.78 is 15.8. The van der Waals surface area contributed by atoms with E-state index in [1.54, 1.807) is 20.4 Å². The molecule has 6 nitrogen and oxygen atoms in total. The summed E-state index contributed by atoms with van der Waals surface area (Å²) in [5.41, 5.74) is 3.62. The van der Waals surface area contributed by atoms with Gasteiger partial charge >= 0.3 is 0 Å². The molecule has 0 heterocycles. The van der Waals surface area contributed by atoms with Crippen molar-refractivity contribution in [2.45, 2.75) is 13.3 Å². The smallest absolute Gasteiger partial charge is 0.187 e. The second kappa shape index (κ2) is 10.8. The van der Waals surface area contributed by atoms with Gasteiger partial charge in [-0.3, -0.25) is 5.43 Å². The summed E-state index contributed by atoms with van der Waals surface area (Å²) in [6, 6.07) is 5.63. The normalized spacial score (nSPS) is 10.5. The molecule has 0 aliphatic carbocycles. The summed E-state index contributed by atoms with van der Waals surface area (Å²) >= 11 is 5.06. The SMILES string of the molecule is CCCOc1ccc(/C=N/NC(=S)NCCOC)cc1OC. The van der Waals surface area contributed by atoms with E-state index in [-0.39, 0.29) is 0 Å². The van der Waals surface area contributed by atoms with Crippen LogP contribution in [0.15, 0.2) is 23.3 Å². The quantitative estimate of drug-likeness (QED) is 0.313. The number of nitrogens with zero attached hydrogens (tertiary/aromatic N) is 1. The summed E-state index contributed by atoms with van der Waals surface area (Å²) in [7, 11) is 3.25. The number of ether oxygens (including phenoxy) is 3. The number of benzene rings is 1. The molecular weight excluding hydrogens is 302 g/mol. The van der Waals surface area contributed by atoms with E-state index in [0.29, 0.717) is 30.6 Å². The molecule has 0 saturated heterocycles. The lowest BCUT2D eigenvalue weighted by molar-refractivity contribution is 0.204. The molecule has 0 radical (unpaired) electrons. The Hall–Kier alpha value is -1.86. The molecule has 2 N–H and O–H groups in total. The Balaban J connectivity index is 2.54. The Morgan fingerprint density at radius 2 is 2.09 bits per heavy atom. The fraction of sp³-hybridized carbons (Fsp3) is 0.467. The summed E-state index contributed by atoms with van der Waals surface area (Å²) in [4.78, 5) is 0. The second-order valence-corrected chi connectivity index (χ2v) is 4.79. The van der Waals surface area contributed by atoms with Crippen LogP contribution in [0, 0.1) is 0 Å². The number of hydrogen-bond acceptors (Lipinski definition) is 5. The first kappa shape index (κ1) is 18.2. The highest BCUT2D eigenvalue weighted by Gasteiger charge is 2.04. The van der Waals surface area contributed by atoms with E-state index in [1.807, 2.05) is 18.2 Å². The molecule has 1 aromatic carbocycles. The average molecular weight is 325 g/mol. The molecule has 1 rings (SSSR count). The van der Waals surface area contributed by atoms with Gasteiger partial charge in [-0.25, -0.2) is 0 Å². The number of rotatable bonds is 9. The zero-order valence-corrected chi connectivity index (χ0v) is 14.0. The molecule has 0 fully saturated rings. The summed E-state index contributed by atoms with van der Waals surface area (Å²) in [5.74, 6) is 1.41.